The molecule has 3 rings (SSSR count). The van der Waals surface area contributed by atoms with Crippen LogP contribution in [0, 0.1) is 5.92 Å². The molecule has 1 aliphatic carbocycles. The predicted molar refractivity (Wildman–Crippen MR) is 103 cm³/mol. The highest BCUT2D eigenvalue weighted by Gasteiger charge is 2.23. The van der Waals surface area contributed by atoms with E-state index in [4.69, 9.17) is 10.5 Å². The van der Waals surface area contributed by atoms with Crippen LogP contribution in [0.4, 0.5) is 5.82 Å². The van der Waals surface area contributed by atoms with Crippen molar-refractivity contribution in [2.45, 2.75) is 44.3 Å². The lowest BCUT2D eigenvalue weighted by molar-refractivity contribution is -0.119. The Hall–Kier alpha value is -1.38. The van der Waals surface area contributed by atoms with Crippen molar-refractivity contribution in [2.75, 3.05) is 25.2 Å². The van der Waals surface area contributed by atoms with E-state index in [1.807, 2.05) is 6.92 Å². The van der Waals surface area contributed by atoms with Gasteiger partial charge in [-0.15, -0.1) is 11.3 Å². The quantitative estimate of drug-likeness (QED) is 0.591. The van der Waals surface area contributed by atoms with Crippen LogP contribution in [-0.2, 0) is 22.4 Å². The van der Waals surface area contributed by atoms with Gasteiger partial charge in [0.05, 0.1) is 17.7 Å². The topological polar surface area (TPSA) is 90.1 Å². The fraction of sp³-hybridized carbons (Fsp3) is 0.588. The first-order valence-corrected chi connectivity index (χ1v) is 10.3. The lowest BCUT2D eigenvalue weighted by atomic mass is 9.89. The first-order valence-electron chi connectivity index (χ1n) is 8.46. The highest BCUT2D eigenvalue weighted by molar-refractivity contribution is 7.99. The second-order valence-electron chi connectivity index (χ2n) is 6.64. The molecule has 25 heavy (non-hydrogen) atoms. The molecule has 0 radical (unpaired) electrons. The molecule has 0 unspecified atom stereocenters. The van der Waals surface area contributed by atoms with E-state index < -0.39 is 0 Å². The van der Waals surface area contributed by atoms with Crippen molar-refractivity contribution in [3.63, 3.8) is 0 Å². The summed E-state index contributed by atoms with van der Waals surface area (Å²) in [6.45, 7) is 4.68. The second-order valence-corrected chi connectivity index (χ2v) is 8.66. The molecule has 0 bridgehead atoms. The molecular weight excluding hydrogens is 356 g/mol. The van der Waals surface area contributed by atoms with Crippen LogP contribution in [0.3, 0.4) is 0 Å². The van der Waals surface area contributed by atoms with Gasteiger partial charge in [0.1, 0.15) is 10.6 Å². The Morgan fingerprint density at radius 2 is 2.32 bits per heavy atom. The summed E-state index contributed by atoms with van der Waals surface area (Å²) in [4.78, 5) is 23.4. The minimum atomic E-state index is -0.0592. The number of anilines is 1. The second kappa shape index (κ2) is 7.88. The number of thiophene rings is 1. The van der Waals surface area contributed by atoms with Gasteiger partial charge in [-0.3, -0.25) is 4.79 Å². The Morgan fingerprint density at radius 1 is 1.52 bits per heavy atom. The van der Waals surface area contributed by atoms with E-state index in [1.54, 1.807) is 18.4 Å². The van der Waals surface area contributed by atoms with Crippen molar-refractivity contribution in [1.29, 1.82) is 0 Å². The Morgan fingerprint density at radius 3 is 3.08 bits per heavy atom. The van der Waals surface area contributed by atoms with Crippen molar-refractivity contribution < 1.29 is 9.53 Å². The SMILES string of the molecule is COC[C@@H](C)NC(=O)CSc1nc(N)c2c3c(sc2n1)C[C@@H](C)CC3. The van der Waals surface area contributed by atoms with Crippen LogP contribution in [0.15, 0.2) is 5.16 Å². The van der Waals surface area contributed by atoms with Gasteiger partial charge in [-0.1, -0.05) is 18.7 Å². The third-order valence-electron chi connectivity index (χ3n) is 4.32. The van der Waals surface area contributed by atoms with E-state index >= 15 is 0 Å². The van der Waals surface area contributed by atoms with Crippen LogP contribution in [-0.4, -0.2) is 41.4 Å². The standard InChI is InChI=1S/C17H24N4O2S2/c1-9-4-5-11-12(6-9)25-16-14(11)15(18)20-17(21-16)24-8-13(22)19-10(2)7-23-3/h9-10H,4-8H2,1-3H3,(H,19,22)(H2,18,20,21)/t9-,10+/m0/s1. The smallest absolute Gasteiger partial charge is 0.230 e. The molecule has 8 heteroatoms. The number of carbonyl (C=O) groups is 1. The highest BCUT2D eigenvalue weighted by atomic mass is 32.2. The number of amides is 1. The van der Waals surface area contributed by atoms with Gasteiger partial charge in [0.25, 0.3) is 0 Å². The molecule has 0 spiro atoms. The van der Waals surface area contributed by atoms with Crippen molar-refractivity contribution in [2.24, 2.45) is 5.92 Å². The van der Waals surface area contributed by atoms with Gasteiger partial charge in [-0.05, 0) is 37.7 Å². The number of nitrogens with two attached hydrogens (primary N) is 1. The molecule has 0 saturated heterocycles. The number of ether oxygens (including phenoxy) is 1. The van der Waals surface area contributed by atoms with Crippen LogP contribution >= 0.6 is 23.1 Å². The number of thioether (sulfide) groups is 1. The van der Waals surface area contributed by atoms with Gasteiger partial charge in [0.2, 0.25) is 5.91 Å². The largest absolute Gasteiger partial charge is 0.383 e. The number of nitrogens with zero attached hydrogens (tertiary/aromatic N) is 2. The zero-order valence-electron chi connectivity index (χ0n) is 14.8. The summed E-state index contributed by atoms with van der Waals surface area (Å²) in [5, 5.41) is 4.46. The van der Waals surface area contributed by atoms with Crippen LogP contribution in [0.2, 0.25) is 0 Å². The molecule has 2 aromatic rings. The average Bonchev–Trinajstić information content (AvgIpc) is 2.90. The molecule has 1 amide bonds. The molecule has 2 aromatic heterocycles. The number of hydrogen-bond acceptors (Lipinski definition) is 7. The molecule has 0 saturated carbocycles. The van der Waals surface area contributed by atoms with Gasteiger partial charge in [0.15, 0.2) is 5.16 Å². The van der Waals surface area contributed by atoms with Crippen LogP contribution in [0.5, 0.6) is 0 Å². The molecule has 136 valence electrons. The summed E-state index contributed by atoms with van der Waals surface area (Å²) in [6, 6.07) is -0.0161. The molecule has 6 nitrogen and oxygen atoms in total. The van der Waals surface area contributed by atoms with Crippen LogP contribution < -0.4 is 11.1 Å². The van der Waals surface area contributed by atoms with E-state index in [0.29, 0.717) is 23.5 Å². The fourth-order valence-corrected chi connectivity index (χ4v) is 5.26. The molecule has 1 aliphatic rings. The summed E-state index contributed by atoms with van der Waals surface area (Å²) in [6.07, 6.45) is 3.34. The number of rotatable bonds is 6. The molecule has 0 aliphatic heterocycles. The number of carbonyl (C=O) groups excluding carboxylic acids is 1. The normalized spacial score (nSPS) is 18.1. The summed E-state index contributed by atoms with van der Waals surface area (Å²) in [5.74, 6) is 1.45. The highest BCUT2D eigenvalue weighted by Crippen LogP contribution is 2.39. The third kappa shape index (κ3) is 4.24. The van der Waals surface area contributed by atoms with Crippen molar-refractivity contribution in [1.82, 2.24) is 15.3 Å². The number of hydrogen-bond donors (Lipinski definition) is 2. The lowest BCUT2D eigenvalue weighted by Crippen LogP contribution is -2.36. The van der Waals surface area contributed by atoms with Gasteiger partial charge in [-0.2, -0.15) is 0 Å². The maximum absolute atomic E-state index is 12.0. The summed E-state index contributed by atoms with van der Waals surface area (Å²) >= 11 is 3.04. The maximum Gasteiger partial charge on any atom is 0.230 e. The summed E-state index contributed by atoms with van der Waals surface area (Å²) < 4.78 is 5.02. The molecule has 0 aromatic carbocycles. The maximum atomic E-state index is 12.0. The van der Waals surface area contributed by atoms with E-state index in [1.165, 1.54) is 28.6 Å². The number of nitrogens with one attached hydrogen (secondary N) is 1. The zero-order chi connectivity index (χ0) is 18.0. The molecule has 2 atom stereocenters. The van der Waals surface area contributed by atoms with Crippen LogP contribution in [0.25, 0.3) is 10.2 Å². The minimum Gasteiger partial charge on any atom is -0.383 e. The van der Waals surface area contributed by atoms with Gasteiger partial charge >= 0.3 is 0 Å². The first kappa shape index (κ1) is 18.4. The predicted octanol–water partition coefficient (Wildman–Crippen LogP) is 2.64. The van der Waals surface area contributed by atoms with E-state index in [9.17, 15) is 4.79 Å². The van der Waals surface area contributed by atoms with Crippen molar-refractivity contribution in [3.8, 4) is 0 Å². The van der Waals surface area contributed by atoms with Crippen LogP contribution in [0.1, 0.15) is 30.7 Å². The number of nitrogen functional groups attached to an aromatic ring is 1. The number of aryl methyl sites for hydroxylation is 1. The Labute approximate surface area is 155 Å². The van der Waals surface area contributed by atoms with E-state index in [-0.39, 0.29) is 17.7 Å². The van der Waals surface area contributed by atoms with E-state index in [0.717, 1.165) is 23.1 Å². The zero-order valence-corrected chi connectivity index (χ0v) is 16.4. The molecule has 0 fully saturated rings. The Balaban J connectivity index is 1.72. The summed E-state index contributed by atoms with van der Waals surface area (Å²) in [5.41, 5.74) is 7.54. The number of aromatic nitrogens is 2. The van der Waals surface area contributed by atoms with Gasteiger partial charge in [-0.25, -0.2) is 9.97 Å². The van der Waals surface area contributed by atoms with Gasteiger partial charge in [0, 0.05) is 18.0 Å². The fourth-order valence-electron chi connectivity index (χ4n) is 3.15. The summed E-state index contributed by atoms with van der Waals surface area (Å²) in [7, 11) is 1.62. The minimum absolute atomic E-state index is 0.0161. The molecule has 3 N–H and O–H groups in total. The van der Waals surface area contributed by atoms with Crippen molar-refractivity contribution in [3.05, 3.63) is 10.4 Å². The van der Waals surface area contributed by atoms with E-state index in [2.05, 4.69) is 22.2 Å². The van der Waals surface area contributed by atoms with Gasteiger partial charge < -0.3 is 15.8 Å². The molecule has 2 heterocycles. The Bertz CT molecular complexity index is 778. The third-order valence-corrected chi connectivity index (χ3v) is 6.31. The lowest BCUT2D eigenvalue weighted by Gasteiger charge is -2.17. The first-order chi connectivity index (χ1) is 12.0. The Kier molecular flexibility index (Phi) is 5.81. The number of methoxy groups -OCH3 is 1. The monoisotopic (exact) mass is 380 g/mol. The van der Waals surface area contributed by atoms with Crippen molar-refractivity contribution >= 4 is 45.0 Å². The molecular formula is C17H24N4O2S2. The average molecular weight is 381 g/mol. The number of fused-ring (bicyclic) bond motifs is 3.